The van der Waals surface area contributed by atoms with Crippen molar-refractivity contribution in [3.63, 3.8) is 0 Å². The molecule has 1 aliphatic rings. The molecule has 0 aromatic carbocycles. The number of nitrogens with one attached hydrogen (secondary N) is 1. The largest absolute Gasteiger partial charge is 0.469 e. The summed E-state index contributed by atoms with van der Waals surface area (Å²) in [4.78, 5) is 24.1. The number of esters is 1. The summed E-state index contributed by atoms with van der Waals surface area (Å²) in [6, 6.07) is 2.20. The molecule has 5 nitrogen and oxygen atoms in total. The van der Waals surface area contributed by atoms with Crippen LogP contribution >= 0.6 is 11.3 Å². The molecule has 0 spiro atoms. The predicted molar refractivity (Wildman–Crippen MR) is 80.1 cm³/mol. The van der Waals surface area contributed by atoms with E-state index < -0.39 is 5.97 Å². The first-order valence-corrected chi connectivity index (χ1v) is 7.78. The van der Waals surface area contributed by atoms with E-state index in [0.29, 0.717) is 16.5 Å². The Morgan fingerprint density at radius 1 is 1.48 bits per heavy atom. The van der Waals surface area contributed by atoms with E-state index in [2.05, 4.69) is 23.0 Å². The third-order valence-electron chi connectivity index (χ3n) is 3.66. The highest BCUT2D eigenvalue weighted by molar-refractivity contribution is 7.16. The number of fused-ring (bicyclic) bond motifs is 1. The third-order valence-corrected chi connectivity index (χ3v) is 4.83. The summed E-state index contributed by atoms with van der Waals surface area (Å²) in [7, 11) is 1.29. The molecule has 1 heterocycles. The molecule has 1 atom stereocenters. The molecule has 2 rings (SSSR count). The van der Waals surface area contributed by atoms with Crippen molar-refractivity contribution in [2.75, 3.05) is 12.4 Å². The van der Waals surface area contributed by atoms with Crippen molar-refractivity contribution in [2.24, 2.45) is 5.92 Å². The molecule has 1 unspecified atom stereocenters. The molecule has 1 amide bonds. The highest BCUT2D eigenvalue weighted by Gasteiger charge is 2.24. The third kappa shape index (κ3) is 3.61. The fourth-order valence-corrected chi connectivity index (χ4v) is 3.84. The highest BCUT2D eigenvalue weighted by Crippen LogP contribution is 2.39. The molecular formula is C15H18N2O3S. The van der Waals surface area contributed by atoms with E-state index in [9.17, 15) is 14.9 Å². The van der Waals surface area contributed by atoms with Crippen molar-refractivity contribution >= 4 is 28.2 Å². The van der Waals surface area contributed by atoms with Crippen LogP contribution in [0.4, 0.5) is 5.00 Å². The minimum atomic E-state index is -0.412. The van der Waals surface area contributed by atoms with Gasteiger partial charge in [0.2, 0.25) is 5.91 Å². The van der Waals surface area contributed by atoms with Crippen LogP contribution in [-0.4, -0.2) is 19.0 Å². The molecule has 1 aromatic heterocycles. The van der Waals surface area contributed by atoms with Crippen LogP contribution in [0.1, 0.15) is 42.2 Å². The topological polar surface area (TPSA) is 79.2 Å². The SMILES string of the molecule is COC(=O)CCC(=O)Nc1sc2c(c1C#N)CCC(C)C2. The average Bonchev–Trinajstić information content (AvgIpc) is 2.80. The second kappa shape index (κ2) is 6.72. The van der Waals surface area contributed by atoms with Crippen molar-refractivity contribution in [1.82, 2.24) is 0 Å². The normalized spacial score (nSPS) is 16.7. The molecule has 21 heavy (non-hydrogen) atoms. The van der Waals surface area contributed by atoms with Gasteiger partial charge in [-0.1, -0.05) is 6.92 Å². The van der Waals surface area contributed by atoms with Gasteiger partial charge in [-0.15, -0.1) is 11.3 Å². The maximum atomic E-state index is 11.9. The lowest BCUT2D eigenvalue weighted by Crippen LogP contribution is -2.14. The van der Waals surface area contributed by atoms with Crippen LogP contribution in [0.3, 0.4) is 0 Å². The van der Waals surface area contributed by atoms with E-state index in [1.54, 1.807) is 0 Å². The van der Waals surface area contributed by atoms with Gasteiger partial charge in [-0.25, -0.2) is 0 Å². The van der Waals surface area contributed by atoms with Gasteiger partial charge in [0.25, 0.3) is 0 Å². The lowest BCUT2D eigenvalue weighted by Gasteiger charge is -2.17. The van der Waals surface area contributed by atoms with Gasteiger partial charge < -0.3 is 10.1 Å². The second-order valence-corrected chi connectivity index (χ2v) is 6.40. The Morgan fingerprint density at radius 3 is 2.90 bits per heavy atom. The quantitative estimate of drug-likeness (QED) is 0.867. The van der Waals surface area contributed by atoms with Gasteiger partial charge in [-0.05, 0) is 30.7 Å². The fourth-order valence-electron chi connectivity index (χ4n) is 2.46. The molecule has 6 heteroatoms. The zero-order valence-corrected chi connectivity index (χ0v) is 13.0. The zero-order chi connectivity index (χ0) is 15.4. The minimum absolute atomic E-state index is 0.0480. The van der Waals surface area contributed by atoms with Crippen LogP contribution in [0.5, 0.6) is 0 Å². The lowest BCUT2D eigenvalue weighted by atomic mass is 9.88. The summed E-state index contributed by atoms with van der Waals surface area (Å²) >= 11 is 1.49. The molecule has 1 N–H and O–H groups in total. The van der Waals surface area contributed by atoms with Gasteiger partial charge in [-0.2, -0.15) is 5.26 Å². The van der Waals surface area contributed by atoms with Gasteiger partial charge in [0.1, 0.15) is 11.1 Å². The van der Waals surface area contributed by atoms with Crippen molar-refractivity contribution in [2.45, 2.75) is 39.0 Å². The number of rotatable bonds is 4. The minimum Gasteiger partial charge on any atom is -0.469 e. The Bertz CT molecular complexity index is 601. The van der Waals surface area contributed by atoms with Crippen molar-refractivity contribution < 1.29 is 14.3 Å². The van der Waals surface area contributed by atoms with Gasteiger partial charge >= 0.3 is 5.97 Å². The molecule has 0 saturated carbocycles. The molecule has 0 fully saturated rings. The standard InChI is InChI=1S/C15H18N2O3S/c1-9-3-4-10-11(8-16)15(21-12(10)7-9)17-13(18)5-6-14(19)20-2/h9H,3-7H2,1-2H3,(H,17,18). The maximum Gasteiger partial charge on any atom is 0.306 e. The van der Waals surface area contributed by atoms with Crippen LogP contribution in [-0.2, 0) is 27.2 Å². The van der Waals surface area contributed by atoms with Gasteiger partial charge in [-0.3, -0.25) is 9.59 Å². The summed E-state index contributed by atoms with van der Waals surface area (Å²) in [6.45, 7) is 2.20. The van der Waals surface area contributed by atoms with Gasteiger partial charge in [0.15, 0.2) is 0 Å². The summed E-state index contributed by atoms with van der Waals surface area (Å²) in [6.07, 6.45) is 3.05. The monoisotopic (exact) mass is 306 g/mol. The first-order chi connectivity index (χ1) is 10.0. The van der Waals surface area contributed by atoms with Gasteiger partial charge in [0.05, 0.1) is 19.1 Å². The number of nitriles is 1. The van der Waals surface area contributed by atoms with Crippen molar-refractivity contribution in [3.05, 3.63) is 16.0 Å². The number of carbonyl (C=O) groups is 2. The molecular weight excluding hydrogens is 288 g/mol. The zero-order valence-electron chi connectivity index (χ0n) is 12.2. The Labute approximate surface area is 127 Å². The van der Waals surface area contributed by atoms with Crippen molar-refractivity contribution in [3.8, 4) is 6.07 Å². The molecule has 112 valence electrons. The molecule has 0 aliphatic heterocycles. The number of hydrogen-bond donors (Lipinski definition) is 1. The highest BCUT2D eigenvalue weighted by atomic mass is 32.1. The van der Waals surface area contributed by atoms with E-state index in [1.807, 2.05) is 0 Å². The van der Waals surface area contributed by atoms with Crippen LogP contribution in [0.25, 0.3) is 0 Å². The Morgan fingerprint density at radius 2 is 2.24 bits per heavy atom. The Hall–Kier alpha value is -1.87. The second-order valence-electron chi connectivity index (χ2n) is 5.29. The summed E-state index contributed by atoms with van der Waals surface area (Å²) in [5.74, 6) is -0.0564. The number of hydrogen-bond acceptors (Lipinski definition) is 5. The number of carbonyl (C=O) groups excluding carboxylic acids is 2. The molecule has 0 bridgehead atoms. The lowest BCUT2D eigenvalue weighted by molar-refractivity contribution is -0.141. The van der Waals surface area contributed by atoms with E-state index in [4.69, 9.17) is 0 Å². The Balaban J connectivity index is 2.08. The number of amides is 1. The van der Waals surface area contributed by atoms with E-state index in [-0.39, 0.29) is 18.7 Å². The number of nitrogens with zero attached hydrogens (tertiary/aromatic N) is 1. The Kier molecular flexibility index (Phi) is 4.97. The summed E-state index contributed by atoms with van der Waals surface area (Å²) < 4.78 is 4.51. The van der Waals surface area contributed by atoms with Crippen LogP contribution < -0.4 is 5.32 Å². The van der Waals surface area contributed by atoms with E-state index >= 15 is 0 Å². The molecule has 1 aliphatic carbocycles. The number of methoxy groups -OCH3 is 1. The molecule has 1 aromatic rings. The maximum absolute atomic E-state index is 11.9. The summed E-state index contributed by atoms with van der Waals surface area (Å²) in [5, 5.41) is 12.7. The average molecular weight is 306 g/mol. The van der Waals surface area contributed by atoms with Crippen LogP contribution in [0.2, 0.25) is 0 Å². The predicted octanol–water partition coefficient (Wildman–Crippen LogP) is 2.64. The summed E-state index contributed by atoms with van der Waals surface area (Å²) in [5.41, 5.74) is 1.68. The first kappa shape index (κ1) is 15.5. The number of anilines is 1. The smallest absolute Gasteiger partial charge is 0.306 e. The number of thiophene rings is 1. The van der Waals surface area contributed by atoms with Crippen LogP contribution in [0, 0.1) is 17.2 Å². The number of ether oxygens (including phenoxy) is 1. The molecule has 0 saturated heterocycles. The van der Waals surface area contributed by atoms with Crippen molar-refractivity contribution in [1.29, 1.82) is 5.26 Å². The van der Waals surface area contributed by atoms with E-state index in [0.717, 1.165) is 24.8 Å². The molecule has 0 radical (unpaired) electrons. The van der Waals surface area contributed by atoms with E-state index in [1.165, 1.54) is 23.3 Å². The first-order valence-electron chi connectivity index (χ1n) is 6.96. The fraction of sp³-hybridized carbons (Fsp3) is 0.533. The van der Waals surface area contributed by atoms with Gasteiger partial charge in [0, 0.05) is 11.3 Å². The van der Waals surface area contributed by atoms with Crippen LogP contribution in [0.15, 0.2) is 0 Å².